The Morgan fingerprint density at radius 2 is 2.17 bits per heavy atom. The largest absolute Gasteiger partial charge is 0.481 e. The van der Waals surface area contributed by atoms with Gasteiger partial charge in [-0.25, -0.2) is 4.98 Å². The first-order valence-electron chi connectivity index (χ1n) is 5.88. The van der Waals surface area contributed by atoms with Crippen LogP contribution in [-0.2, 0) is 4.79 Å². The number of aryl methyl sites for hydroxylation is 1. The van der Waals surface area contributed by atoms with Gasteiger partial charge in [-0.05, 0) is 12.8 Å². The molecule has 1 unspecified atom stereocenters. The highest BCUT2D eigenvalue weighted by atomic mass is 16.5. The summed E-state index contributed by atoms with van der Waals surface area (Å²) in [5.41, 5.74) is 6.32. The molecule has 0 aliphatic rings. The molecule has 0 aliphatic carbocycles. The Labute approximate surface area is 107 Å². The number of hydrogen-bond acceptors (Lipinski definition) is 5. The van der Waals surface area contributed by atoms with Crippen molar-refractivity contribution in [1.29, 1.82) is 0 Å². The predicted octanol–water partition coefficient (Wildman–Crippen LogP) is 0.963. The highest BCUT2D eigenvalue weighted by Crippen LogP contribution is 2.14. The van der Waals surface area contributed by atoms with Gasteiger partial charge in [0, 0.05) is 18.3 Å². The highest BCUT2D eigenvalue weighted by molar-refractivity contribution is 5.91. The van der Waals surface area contributed by atoms with Crippen molar-refractivity contribution in [2.75, 3.05) is 19.0 Å². The highest BCUT2D eigenvalue weighted by Gasteiger charge is 2.21. The Morgan fingerprint density at radius 1 is 1.50 bits per heavy atom. The zero-order valence-corrected chi connectivity index (χ0v) is 11.2. The van der Waals surface area contributed by atoms with Gasteiger partial charge in [-0.15, -0.1) is 0 Å². The second-order valence-electron chi connectivity index (χ2n) is 4.45. The Balaban J connectivity index is 2.84. The van der Waals surface area contributed by atoms with Gasteiger partial charge in [-0.2, -0.15) is 4.98 Å². The van der Waals surface area contributed by atoms with Crippen LogP contribution in [0.3, 0.4) is 0 Å². The fourth-order valence-corrected chi connectivity index (χ4v) is 1.58. The van der Waals surface area contributed by atoms with E-state index in [-0.39, 0.29) is 23.7 Å². The number of hydrogen-bond donors (Lipinski definition) is 2. The summed E-state index contributed by atoms with van der Waals surface area (Å²) < 4.78 is 5.02. The van der Waals surface area contributed by atoms with Gasteiger partial charge in [0.1, 0.15) is 0 Å². The number of carbonyl (C=O) groups is 1. The van der Waals surface area contributed by atoms with Gasteiger partial charge in [0.05, 0.1) is 13.0 Å². The Morgan fingerprint density at radius 3 is 2.67 bits per heavy atom. The molecule has 0 bridgehead atoms. The number of nitrogens with one attached hydrogen (secondary N) is 1. The van der Waals surface area contributed by atoms with Gasteiger partial charge in [-0.1, -0.05) is 13.8 Å². The molecule has 0 radical (unpaired) electrons. The topological polar surface area (TPSA) is 90.1 Å². The molecule has 0 aliphatic heterocycles. The molecule has 1 amide bonds. The number of anilines is 1. The fourth-order valence-electron chi connectivity index (χ4n) is 1.58. The van der Waals surface area contributed by atoms with Crippen molar-refractivity contribution in [3.05, 3.63) is 11.8 Å². The van der Waals surface area contributed by atoms with Crippen molar-refractivity contribution in [3.63, 3.8) is 0 Å². The van der Waals surface area contributed by atoms with Crippen molar-refractivity contribution in [3.8, 4) is 5.88 Å². The van der Waals surface area contributed by atoms with Crippen molar-refractivity contribution in [1.82, 2.24) is 9.97 Å². The third-order valence-electron chi connectivity index (χ3n) is 2.67. The number of ether oxygens (including phenoxy) is 1. The molecule has 0 spiro atoms. The summed E-state index contributed by atoms with van der Waals surface area (Å²) in [5, 5.41) is 2.67. The summed E-state index contributed by atoms with van der Waals surface area (Å²) in [4.78, 5) is 20.2. The van der Waals surface area contributed by atoms with Crippen LogP contribution in [0.1, 0.15) is 19.5 Å². The molecule has 0 aromatic carbocycles. The number of methoxy groups -OCH3 is 1. The molecule has 1 aromatic heterocycles. The van der Waals surface area contributed by atoms with E-state index in [2.05, 4.69) is 15.3 Å². The van der Waals surface area contributed by atoms with E-state index in [1.165, 1.54) is 7.11 Å². The lowest BCUT2D eigenvalue weighted by atomic mass is 9.95. The van der Waals surface area contributed by atoms with Crippen LogP contribution in [0.2, 0.25) is 0 Å². The van der Waals surface area contributed by atoms with Crippen LogP contribution >= 0.6 is 0 Å². The second kappa shape index (κ2) is 6.30. The molecule has 0 saturated carbocycles. The van der Waals surface area contributed by atoms with Crippen molar-refractivity contribution < 1.29 is 9.53 Å². The average Bonchev–Trinajstić information content (AvgIpc) is 2.28. The molecule has 0 saturated heterocycles. The molecule has 18 heavy (non-hydrogen) atoms. The van der Waals surface area contributed by atoms with Crippen LogP contribution in [0.15, 0.2) is 6.07 Å². The van der Waals surface area contributed by atoms with Crippen LogP contribution in [0.5, 0.6) is 5.88 Å². The first-order chi connectivity index (χ1) is 8.47. The maximum Gasteiger partial charge on any atom is 0.232 e. The number of nitrogens with zero attached hydrogens (tertiary/aromatic N) is 2. The van der Waals surface area contributed by atoms with E-state index in [1.807, 2.05) is 20.8 Å². The quantitative estimate of drug-likeness (QED) is 0.814. The molecular weight excluding hydrogens is 232 g/mol. The van der Waals surface area contributed by atoms with E-state index >= 15 is 0 Å². The smallest absolute Gasteiger partial charge is 0.232 e. The molecule has 3 N–H and O–H groups in total. The third kappa shape index (κ3) is 3.66. The SMILES string of the molecule is COc1cc(C)nc(NC(=O)C(CN)C(C)C)n1. The molecule has 1 atom stereocenters. The lowest BCUT2D eigenvalue weighted by Crippen LogP contribution is -2.33. The molecule has 1 rings (SSSR count). The summed E-state index contributed by atoms with van der Waals surface area (Å²) in [7, 11) is 1.52. The van der Waals surface area contributed by atoms with E-state index in [4.69, 9.17) is 10.5 Å². The van der Waals surface area contributed by atoms with Gasteiger partial charge in [-0.3, -0.25) is 10.1 Å². The Kier molecular flexibility index (Phi) is 5.03. The molecule has 6 heteroatoms. The molecule has 100 valence electrons. The number of carbonyl (C=O) groups excluding carboxylic acids is 1. The summed E-state index contributed by atoms with van der Waals surface area (Å²) in [5.74, 6) is 0.421. The predicted molar refractivity (Wildman–Crippen MR) is 69.3 cm³/mol. The second-order valence-corrected chi connectivity index (χ2v) is 4.45. The van der Waals surface area contributed by atoms with E-state index in [0.717, 1.165) is 5.69 Å². The van der Waals surface area contributed by atoms with Gasteiger partial charge < -0.3 is 10.5 Å². The molecular formula is C12H20N4O2. The first kappa shape index (κ1) is 14.4. The van der Waals surface area contributed by atoms with E-state index < -0.39 is 0 Å². The lowest BCUT2D eigenvalue weighted by molar-refractivity contribution is -0.120. The van der Waals surface area contributed by atoms with Crippen LogP contribution < -0.4 is 15.8 Å². The lowest BCUT2D eigenvalue weighted by Gasteiger charge is -2.17. The average molecular weight is 252 g/mol. The maximum absolute atomic E-state index is 12.0. The van der Waals surface area contributed by atoms with E-state index in [1.54, 1.807) is 6.07 Å². The zero-order valence-electron chi connectivity index (χ0n) is 11.2. The monoisotopic (exact) mass is 252 g/mol. The fraction of sp³-hybridized carbons (Fsp3) is 0.583. The summed E-state index contributed by atoms with van der Waals surface area (Å²) in [6, 6.07) is 1.69. The minimum Gasteiger partial charge on any atom is -0.481 e. The Hall–Kier alpha value is -1.69. The van der Waals surface area contributed by atoms with Gasteiger partial charge >= 0.3 is 0 Å². The van der Waals surface area contributed by atoms with Crippen LogP contribution in [0.25, 0.3) is 0 Å². The van der Waals surface area contributed by atoms with Gasteiger partial charge in [0.25, 0.3) is 0 Å². The molecule has 0 fully saturated rings. The van der Waals surface area contributed by atoms with Crippen LogP contribution in [-0.4, -0.2) is 29.5 Å². The van der Waals surface area contributed by atoms with E-state index in [9.17, 15) is 4.79 Å². The van der Waals surface area contributed by atoms with Crippen LogP contribution in [0, 0.1) is 18.8 Å². The number of amides is 1. The third-order valence-corrected chi connectivity index (χ3v) is 2.67. The number of nitrogens with two attached hydrogens (primary N) is 1. The summed E-state index contributed by atoms with van der Waals surface area (Å²) in [6.45, 7) is 6.01. The molecule has 6 nitrogen and oxygen atoms in total. The standard InChI is InChI=1S/C12H20N4O2/c1-7(2)9(6-13)11(17)16-12-14-8(3)5-10(15-12)18-4/h5,7,9H,6,13H2,1-4H3,(H,14,15,16,17). The zero-order chi connectivity index (χ0) is 13.7. The summed E-state index contributed by atoms with van der Waals surface area (Å²) in [6.07, 6.45) is 0. The van der Waals surface area contributed by atoms with Crippen LogP contribution in [0.4, 0.5) is 5.95 Å². The number of rotatable bonds is 5. The molecule has 1 aromatic rings. The van der Waals surface area contributed by atoms with Crippen molar-refractivity contribution in [2.24, 2.45) is 17.6 Å². The van der Waals surface area contributed by atoms with Gasteiger partial charge in [0.2, 0.25) is 17.7 Å². The molecule has 1 heterocycles. The maximum atomic E-state index is 12.0. The normalized spacial score (nSPS) is 12.3. The minimum absolute atomic E-state index is 0.167. The van der Waals surface area contributed by atoms with Gasteiger partial charge in [0.15, 0.2) is 0 Å². The first-order valence-corrected chi connectivity index (χ1v) is 5.88. The number of aromatic nitrogens is 2. The van der Waals surface area contributed by atoms with E-state index in [0.29, 0.717) is 12.4 Å². The summed E-state index contributed by atoms with van der Waals surface area (Å²) >= 11 is 0. The van der Waals surface area contributed by atoms with Crippen molar-refractivity contribution >= 4 is 11.9 Å². The van der Waals surface area contributed by atoms with Crippen molar-refractivity contribution in [2.45, 2.75) is 20.8 Å². The Bertz CT molecular complexity index is 421. The minimum atomic E-state index is -0.250.